The predicted molar refractivity (Wildman–Crippen MR) is 71.0 cm³/mol. The van der Waals surface area contributed by atoms with Gasteiger partial charge in [0.05, 0.1) is 0 Å². The molecule has 0 aliphatic heterocycles. The van der Waals surface area contributed by atoms with E-state index in [0.29, 0.717) is 18.9 Å². The van der Waals surface area contributed by atoms with Crippen molar-refractivity contribution in [2.75, 3.05) is 6.61 Å². The quantitative estimate of drug-likeness (QED) is 0.804. The molecule has 0 N–H and O–H groups in total. The number of carbonyl (C=O) groups is 1. The highest BCUT2D eigenvalue weighted by Crippen LogP contribution is 2.35. The first kappa shape index (κ1) is 12.8. The standard InChI is InChI=1S/C14H17BrO2/c1-2-17-14(11-5-6-11)13(16)9-10-3-7-12(15)8-4-10/h3-4,7-8,11,14H,2,5-6,9H2,1H3. The molecule has 1 saturated carbocycles. The number of ether oxygens (including phenoxy) is 1. The Kier molecular flexibility index (Phi) is 4.35. The van der Waals surface area contributed by atoms with Crippen LogP contribution in [0.5, 0.6) is 0 Å². The Balaban J connectivity index is 1.96. The van der Waals surface area contributed by atoms with Gasteiger partial charge in [-0.3, -0.25) is 4.79 Å². The van der Waals surface area contributed by atoms with Crippen molar-refractivity contribution >= 4 is 21.7 Å². The molecule has 0 bridgehead atoms. The molecule has 1 aliphatic rings. The third-order valence-corrected chi connectivity index (χ3v) is 3.53. The van der Waals surface area contributed by atoms with Gasteiger partial charge in [0.1, 0.15) is 6.10 Å². The van der Waals surface area contributed by atoms with Crippen LogP contribution in [0.25, 0.3) is 0 Å². The minimum absolute atomic E-state index is 0.177. The lowest BCUT2D eigenvalue weighted by molar-refractivity contribution is -0.130. The smallest absolute Gasteiger partial charge is 0.166 e. The zero-order valence-electron chi connectivity index (χ0n) is 9.99. The molecule has 0 heterocycles. The van der Waals surface area contributed by atoms with Crippen LogP contribution in [0.4, 0.5) is 0 Å². The SMILES string of the molecule is CCOC(C(=O)Cc1ccc(Br)cc1)C1CC1. The Labute approximate surface area is 110 Å². The van der Waals surface area contributed by atoms with E-state index in [1.54, 1.807) is 0 Å². The van der Waals surface area contributed by atoms with E-state index < -0.39 is 0 Å². The first-order chi connectivity index (χ1) is 8.20. The van der Waals surface area contributed by atoms with Crippen LogP contribution >= 0.6 is 15.9 Å². The monoisotopic (exact) mass is 296 g/mol. The van der Waals surface area contributed by atoms with E-state index >= 15 is 0 Å². The highest BCUT2D eigenvalue weighted by molar-refractivity contribution is 9.10. The summed E-state index contributed by atoms with van der Waals surface area (Å²) in [4.78, 5) is 12.1. The van der Waals surface area contributed by atoms with Gasteiger partial charge in [0, 0.05) is 17.5 Å². The largest absolute Gasteiger partial charge is 0.370 e. The van der Waals surface area contributed by atoms with Crippen LogP contribution in [0.1, 0.15) is 25.3 Å². The molecule has 92 valence electrons. The van der Waals surface area contributed by atoms with Gasteiger partial charge in [0.15, 0.2) is 5.78 Å². The highest BCUT2D eigenvalue weighted by Gasteiger charge is 2.36. The summed E-state index contributed by atoms with van der Waals surface area (Å²) in [6, 6.07) is 7.90. The summed E-state index contributed by atoms with van der Waals surface area (Å²) in [7, 11) is 0. The van der Waals surface area contributed by atoms with E-state index in [1.807, 2.05) is 31.2 Å². The minimum Gasteiger partial charge on any atom is -0.370 e. The normalized spacial score (nSPS) is 16.8. The van der Waals surface area contributed by atoms with Crippen molar-refractivity contribution in [1.82, 2.24) is 0 Å². The summed E-state index contributed by atoms with van der Waals surface area (Å²) < 4.78 is 6.60. The summed E-state index contributed by atoms with van der Waals surface area (Å²) in [6.45, 7) is 2.57. The Bertz CT molecular complexity index is 382. The maximum Gasteiger partial charge on any atom is 0.166 e. The average Bonchev–Trinajstić information content (AvgIpc) is 3.13. The lowest BCUT2D eigenvalue weighted by Crippen LogP contribution is -2.28. The van der Waals surface area contributed by atoms with Gasteiger partial charge in [0.25, 0.3) is 0 Å². The number of rotatable bonds is 6. The Hall–Kier alpha value is -0.670. The number of carbonyl (C=O) groups excluding carboxylic acids is 1. The van der Waals surface area contributed by atoms with Gasteiger partial charge in [-0.05, 0) is 43.4 Å². The van der Waals surface area contributed by atoms with Gasteiger partial charge >= 0.3 is 0 Å². The van der Waals surface area contributed by atoms with Crippen molar-refractivity contribution in [3.63, 3.8) is 0 Å². The van der Waals surface area contributed by atoms with E-state index in [9.17, 15) is 4.79 Å². The van der Waals surface area contributed by atoms with Crippen LogP contribution in [0.2, 0.25) is 0 Å². The Morgan fingerprint density at radius 1 is 1.41 bits per heavy atom. The van der Waals surface area contributed by atoms with Gasteiger partial charge in [-0.25, -0.2) is 0 Å². The van der Waals surface area contributed by atoms with Crippen LogP contribution in [0, 0.1) is 5.92 Å². The van der Waals surface area contributed by atoms with Gasteiger partial charge in [-0.15, -0.1) is 0 Å². The molecule has 1 aromatic rings. The molecule has 1 aliphatic carbocycles. The Morgan fingerprint density at radius 3 is 2.59 bits per heavy atom. The fourth-order valence-corrected chi connectivity index (χ4v) is 2.24. The van der Waals surface area contributed by atoms with Crippen LogP contribution in [-0.4, -0.2) is 18.5 Å². The molecule has 3 heteroatoms. The third-order valence-electron chi connectivity index (χ3n) is 3.01. The van der Waals surface area contributed by atoms with E-state index in [4.69, 9.17) is 4.74 Å². The van der Waals surface area contributed by atoms with Crippen molar-refractivity contribution < 1.29 is 9.53 Å². The maximum absolute atomic E-state index is 12.1. The second kappa shape index (κ2) is 5.78. The number of hydrogen-bond acceptors (Lipinski definition) is 2. The number of halogens is 1. The fourth-order valence-electron chi connectivity index (χ4n) is 1.97. The molecule has 1 aromatic carbocycles. The van der Waals surface area contributed by atoms with Gasteiger partial charge in [-0.1, -0.05) is 28.1 Å². The Morgan fingerprint density at radius 2 is 2.06 bits per heavy atom. The fraction of sp³-hybridized carbons (Fsp3) is 0.500. The summed E-state index contributed by atoms with van der Waals surface area (Å²) >= 11 is 3.39. The maximum atomic E-state index is 12.1. The highest BCUT2D eigenvalue weighted by atomic mass is 79.9. The summed E-state index contributed by atoms with van der Waals surface area (Å²) in [5.74, 6) is 0.689. The summed E-state index contributed by atoms with van der Waals surface area (Å²) in [5, 5.41) is 0. The lowest BCUT2D eigenvalue weighted by atomic mass is 10.0. The summed E-state index contributed by atoms with van der Waals surface area (Å²) in [6.07, 6.45) is 2.57. The third kappa shape index (κ3) is 3.65. The number of hydrogen-bond donors (Lipinski definition) is 0. The molecular formula is C14H17BrO2. The zero-order chi connectivity index (χ0) is 12.3. The van der Waals surface area contributed by atoms with E-state index in [1.165, 1.54) is 0 Å². The molecule has 0 amide bonds. The van der Waals surface area contributed by atoms with Gasteiger partial charge in [0.2, 0.25) is 0 Å². The molecule has 17 heavy (non-hydrogen) atoms. The number of ketones is 1. The molecule has 0 radical (unpaired) electrons. The van der Waals surface area contributed by atoms with Crippen molar-refractivity contribution in [2.24, 2.45) is 5.92 Å². The molecule has 0 saturated heterocycles. The van der Waals surface area contributed by atoms with E-state index in [2.05, 4.69) is 15.9 Å². The molecule has 2 nitrogen and oxygen atoms in total. The van der Waals surface area contributed by atoms with Crippen molar-refractivity contribution in [3.8, 4) is 0 Å². The first-order valence-corrected chi connectivity index (χ1v) is 6.88. The van der Waals surface area contributed by atoms with Crippen LogP contribution in [0.3, 0.4) is 0 Å². The van der Waals surface area contributed by atoms with Crippen LogP contribution in [0.15, 0.2) is 28.7 Å². The minimum atomic E-state index is -0.177. The molecule has 1 fully saturated rings. The van der Waals surface area contributed by atoms with E-state index in [0.717, 1.165) is 22.9 Å². The van der Waals surface area contributed by atoms with Crippen molar-refractivity contribution in [2.45, 2.75) is 32.3 Å². The summed E-state index contributed by atoms with van der Waals surface area (Å²) in [5.41, 5.74) is 1.06. The topological polar surface area (TPSA) is 26.3 Å². The van der Waals surface area contributed by atoms with Gasteiger partial charge < -0.3 is 4.74 Å². The molecule has 1 atom stereocenters. The molecule has 0 spiro atoms. The predicted octanol–water partition coefficient (Wildman–Crippen LogP) is 3.38. The zero-order valence-corrected chi connectivity index (χ0v) is 11.6. The van der Waals surface area contributed by atoms with Crippen LogP contribution < -0.4 is 0 Å². The van der Waals surface area contributed by atoms with Crippen molar-refractivity contribution in [3.05, 3.63) is 34.3 Å². The molecule has 2 rings (SSSR count). The molecule has 0 aromatic heterocycles. The van der Waals surface area contributed by atoms with Crippen molar-refractivity contribution in [1.29, 1.82) is 0 Å². The lowest BCUT2D eigenvalue weighted by Gasteiger charge is -2.15. The van der Waals surface area contributed by atoms with E-state index in [-0.39, 0.29) is 11.9 Å². The number of benzene rings is 1. The first-order valence-electron chi connectivity index (χ1n) is 6.09. The average molecular weight is 297 g/mol. The van der Waals surface area contributed by atoms with Crippen LogP contribution in [-0.2, 0) is 16.0 Å². The van der Waals surface area contributed by atoms with Gasteiger partial charge in [-0.2, -0.15) is 0 Å². The second-order valence-corrected chi connectivity index (χ2v) is 5.40. The molecule has 1 unspecified atom stereocenters. The molecular weight excluding hydrogens is 280 g/mol. The second-order valence-electron chi connectivity index (χ2n) is 4.48. The number of Topliss-reactive ketones (excluding diaryl/α,β-unsaturated/α-hetero) is 1.